The van der Waals surface area contributed by atoms with Crippen molar-refractivity contribution in [1.29, 1.82) is 0 Å². The summed E-state index contributed by atoms with van der Waals surface area (Å²) in [6, 6.07) is 8.20. The number of carboxylic acids is 1. The van der Waals surface area contributed by atoms with Crippen LogP contribution in [0.3, 0.4) is 0 Å². The number of anilines is 1. The lowest BCUT2D eigenvalue weighted by Gasteiger charge is -2.27. The molecule has 2 aromatic heterocycles. The van der Waals surface area contributed by atoms with Gasteiger partial charge in [0.2, 0.25) is 0 Å². The average molecular weight is 502 g/mol. The molecule has 34 heavy (non-hydrogen) atoms. The van der Waals surface area contributed by atoms with Crippen molar-refractivity contribution in [3.8, 4) is 0 Å². The number of nitrogens with one attached hydrogen (secondary N) is 1. The van der Waals surface area contributed by atoms with Gasteiger partial charge in [-0.15, -0.1) is 0 Å². The van der Waals surface area contributed by atoms with Gasteiger partial charge in [0.25, 0.3) is 5.91 Å². The van der Waals surface area contributed by atoms with Gasteiger partial charge in [-0.2, -0.15) is 5.10 Å². The van der Waals surface area contributed by atoms with Crippen LogP contribution in [0.1, 0.15) is 46.1 Å². The van der Waals surface area contributed by atoms with Gasteiger partial charge in [-0.05, 0) is 48.2 Å². The molecule has 3 heterocycles. The summed E-state index contributed by atoms with van der Waals surface area (Å²) in [6.45, 7) is 1.50. The Bertz CT molecular complexity index is 1190. The molecule has 1 aromatic carbocycles. The fourth-order valence-corrected chi connectivity index (χ4v) is 4.63. The van der Waals surface area contributed by atoms with Crippen LogP contribution in [0, 0.1) is 0 Å². The summed E-state index contributed by atoms with van der Waals surface area (Å²) in [4.78, 5) is 30.7. The first-order chi connectivity index (χ1) is 16.3. The van der Waals surface area contributed by atoms with Gasteiger partial charge in [-0.3, -0.25) is 14.3 Å². The molecule has 10 heteroatoms. The van der Waals surface area contributed by atoms with Crippen LogP contribution in [0.2, 0.25) is 10.0 Å². The number of aromatic nitrogens is 3. The molecule has 0 aliphatic carbocycles. The number of carboxylic acid groups (broad SMARTS) is 1. The normalized spacial score (nSPS) is 13.6. The number of amides is 1. The Labute approximate surface area is 207 Å². The van der Waals surface area contributed by atoms with Crippen molar-refractivity contribution in [2.45, 2.75) is 38.3 Å². The number of aliphatic carboxylic acids is 1. The highest BCUT2D eigenvalue weighted by Gasteiger charge is 2.26. The Morgan fingerprint density at radius 1 is 1.24 bits per heavy atom. The Kier molecular flexibility index (Phi) is 7.38. The van der Waals surface area contributed by atoms with E-state index >= 15 is 0 Å². The maximum atomic E-state index is 13.2. The van der Waals surface area contributed by atoms with Gasteiger partial charge in [0, 0.05) is 48.5 Å². The highest BCUT2D eigenvalue weighted by molar-refractivity contribution is 6.34. The summed E-state index contributed by atoms with van der Waals surface area (Å²) in [6.07, 6.45) is 5.69. The monoisotopic (exact) mass is 501 g/mol. The van der Waals surface area contributed by atoms with Crippen molar-refractivity contribution >= 4 is 40.9 Å². The molecule has 1 atom stereocenters. The minimum absolute atomic E-state index is 0.287. The van der Waals surface area contributed by atoms with E-state index in [-0.39, 0.29) is 12.3 Å². The minimum atomic E-state index is -1.04. The first kappa shape index (κ1) is 24.0. The van der Waals surface area contributed by atoms with Crippen LogP contribution in [0.4, 0.5) is 5.82 Å². The van der Waals surface area contributed by atoms with Crippen LogP contribution in [0.15, 0.2) is 42.7 Å². The number of aryl methyl sites for hydroxylation is 3. The van der Waals surface area contributed by atoms with Crippen LogP contribution in [0.5, 0.6) is 0 Å². The quantitative estimate of drug-likeness (QED) is 0.472. The molecule has 0 unspecified atom stereocenters. The van der Waals surface area contributed by atoms with Gasteiger partial charge in [-0.25, -0.2) is 4.98 Å². The average Bonchev–Trinajstić information content (AvgIpc) is 3.28. The topological polar surface area (TPSA) is 100 Å². The van der Waals surface area contributed by atoms with Crippen molar-refractivity contribution in [2.24, 2.45) is 0 Å². The van der Waals surface area contributed by atoms with E-state index < -0.39 is 12.0 Å². The Balaban J connectivity index is 1.46. The zero-order valence-corrected chi connectivity index (χ0v) is 20.2. The minimum Gasteiger partial charge on any atom is -0.481 e. The Morgan fingerprint density at radius 3 is 2.74 bits per heavy atom. The lowest BCUT2D eigenvalue weighted by atomic mass is 10.0. The second kappa shape index (κ2) is 10.4. The first-order valence-electron chi connectivity index (χ1n) is 11.0. The van der Waals surface area contributed by atoms with Crippen LogP contribution < -0.4 is 5.32 Å². The molecule has 178 valence electrons. The van der Waals surface area contributed by atoms with Gasteiger partial charge >= 0.3 is 5.97 Å². The third-order valence-electron chi connectivity index (χ3n) is 5.85. The first-order valence-corrected chi connectivity index (χ1v) is 11.8. The number of carbonyl (C=O) groups excluding carboxylic acids is 1. The van der Waals surface area contributed by atoms with Crippen LogP contribution in [-0.2, 0) is 24.2 Å². The molecule has 1 aliphatic heterocycles. The summed E-state index contributed by atoms with van der Waals surface area (Å²) >= 11 is 12.2. The zero-order valence-electron chi connectivity index (χ0n) is 18.7. The molecule has 8 nitrogen and oxygen atoms in total. The van der Waals surface area contributed by atoms with E-state index in [0.717, 1.165) is 30.9 Å². The smallest absolute Gasteiger partial charge is 0.305 e. The summed E-state index contributed by atoms with van der Waals surface area (Å²) in [5, 5.41) is 17.8. The standard InChI is InChI=1S/C24H25Cl2N5O3/c1-30(21(12-22(32)33)16-9-18(25)11-19(26)10-16)24(34)17-13-28-31(14-17)8-6-20-5-4-15-3-2-7-27-23(15)29-20/h4-5,9-11,13-14,21H,2-3,6-8,12H2,1H3,(H,27,29)(H,32,33)/t21-/m1/s1. The van der Waals surface area contributed by atoms with Crippen LogP contribution in [-0.4, -0.2) is 50.2 Å². The zero-order chi connectivity index (χ0) is 24.2. The van der Waals surface area contributed by atoms with Crippen LogP contribution in [0.25, 0.3) is 0 Å². The summed E-state index contributed by atoms with van der Waals surface area (Å²) in [7, 11) is 1.56. The molecule has 0 radical (unpaired) electrons. The number of nitrogens with zero attached hydrogens (tertiary/aromatic N) is 4. The van der Waals surface area contributed by atoms with E-state index in [1.165, 1.54) is 16.7 Å². The molecule has 0 fully saturated rings. The second-order valence-electron chi connectivity index (χ2n) is 8.32. The molecule has 3 aromatic rings. The lowest BCUT2D eigenvalue weighted by molar-refractivity contribution is -0.138. The van der Waals surface area contributed by atoms with Crippen molar-refractivity contribution in [1.82, 2.24) is 19.7 Å². The third-order valence-corrected chi connectivity index (χ3v) is 6.29. The maximum absolute atomic E-state index is 13.2. The molecule has 0 bridgehead atoms. The van der Waals surface area contributed by atoms with E-state index in [1.807, 2.05) is 6.07 Å². The fourth-order valence-electron chi connectivity index (χ4n) is 4.09. The largest absolute Gasteiger partial charge is 0.481 e. The number of benzene rings is 1. The molecule has 4 rings (SSSR count). The maximum Gasteiger partial charge on any atom is 0.305 e. The van der Waals surface area contributed by atoms with Gasteiger partial charge < -0.3 is 15.3 Å². The van der Waals surface area contributed by atoms with Crippen molar-refractivity contribution < 1.29 is 14.7 Å². The van der Waals surface area contributed by atoms with Gasteiger partial charge in [0.05, 0.1) is 24.2 Å². The van der Waals surface area contributed by atoms with Gasteiger partial charge in [-0.1, -0.05) is 29.3 Å². The molecule has 1 amide bonds. The molecule has 1 aliphatic rings. The summed E-state index contributed by atoms with van der Waals surface area (Å²) < 4.78 is 1.69. The summed E-state index contributed by atoms with van der Waals surface area (Å²) in [5.74, 6) is -0.430. The number of pyridine rings is 1. The van der Waals surface area contributed by atoms with E-state index in [4.69, 9.17) is 28.2 Å². The molecule has 0 spiro atoms. The molecule has 2 N–H and O–H groups in total. The van der Waals surface area contributed by atoms with E-state index in [0.29, 0.717) is 34.1 Å². The number of hydrogen-bond acceptors (Lipinski definition) is 5. The third kappa shape index (κ3) is 5.69. The number of fused-ring (bicyclic) bond motifs is 1. The van der Waals surface area contributed by atoms with E-state index in [2.05, 4.69) is 16.5 Å². The van der Waals surface area contributed by atoms with Gasteiger partial charge in [0.15, 0.2) is 0 Å². The van der Waals surface area contributed by atoms with Gasteiger partial charge in [0.1, 0.15) is 5.82 Å². The predicted molar refractivity (Wildman–Crippen MR) is 131 cm³/mol. The van der Waals surface area contributed by atoms with Crippen molar-refractivity contribution in [3.63, 3.8) is 0 Å². The molecule has 0 saturated heterocycles. The molecule has 0 saturated carbocycles. The highest BCUT2D eigenvalue weighted by atomic mass is 35.5. The summed E-state index contributed by atoms with van der Waals surface area (Å²) in [5.41, 5.74) is 3.11. The fraction of sp³-hybridized carbons (Fsp3) is 0.333. The SMILES string of the molecule is CN(C(=O)c1cnn(CCc2ccc3c(n2)NCCC3)c1)[C@H](CC(=O)O)c1cc(Cl)cc(Cl)c1. The number of carbonyl (C=O) groups is 2. The molecular formula is C24H25Cl2N5O3. The van der Waals surface area contributed by atoms with E-state index in [1.54, 1.807) is 36.1 Å². The molecular weight excluding hydrogens is 477 g/mol. The highest BCUT2D eigenvalue weighted by Crippen LogP contribution is 2.30. The second-order valence-corrected chi connectivity index (χ2v) is 9.19. The lowest BCUT2D eigenvalue weighted by Crippen LogP contribution is -2.32. The number of halogens is 2. The van der Waals surface area contributed by atoms with Crippen LogP contribution >= 0.6 is 23.2 Å². The Hall–Kier alpha value is -3.10. The Morgan fingerprint density at radius 2 is 2.00 bits per heavy atom. The van der Waals surface area contributed by atoms with Crippen molar-refractivity contribution in [2.75, 3.05) is 18.9 Å². The van der Waals surface area contributed by atoms with Crippen molar-refractivity contribution in [3.05, 3.63) is 75.2 Å². The number of rotatable bonds is 8. The van der Waals surface area contributed by atoms with E-state index in [9.17, 15) is 14.7 Å². The number of hydrogen-bond donors (Lipinski definition) is 2. The predicted octanol–water partition coefficient (Wildman–Crippen LogP) is 4.47.